The Morgan fingerprint density at radius 2 is 1.87 bits per heavy atom. The zero-order valence-corrected chi connectivity index (χ0v) is 18.1. The molecular weight excluding hydrogens is 432 g/mol. The van der Waals surface area contributed by atoms with Crippen molar-refractivity contribution in [1.29, 1.82) is 0 Å². The van der Waals surface area contributed by atoms with Gasteiger partial charge in [-0.05, 0) is 30.2 Å². The summed E-state index contributed by atoms with van der Waals surface area (Å²) < 4.78 is 10.6. The van der Waals surface area contributed by atoms with Gasteiger partial charge in [0.15, 0.2) is 11.5 Å². The van der Waals surface area contributed by atoms with Gasteiger partial charge in [0.2, 0.25) is 11.7 Å². The average molecular weight is 455 g/mol. The van der Waals surface area contributed by atoms with Gasteiger partial charge in [-0.15, -0.1) is 0 Å². The lowest BCUT2D eigenvalue weighted by molar-refractivity contribution is -0.137. The summed E-state index contributed by atoms with van der Waals surface area (Å²) >= 11 is 6.37. The average Bonchev–Trinajstić information content (AvgIpc) is 2.97. The molecule has 1 heterocycles. The fourth-order valence-corrected chi connectivity index (χ4v) is 3.92. The number of carboxylic acids is 1. The van der Waals surface area contributed by atoms with Gasteiger partial charge in [-0.2, -0.15) is 0 Å². The van der Waals surface area contributed by atoms with E-state index < -0.39 is 5.97 Å². The van der Waals surface area contributed by atoms with Crippen LogP contribution in [0.5, 0.6) is 17.2 Å². The van der Waals surface area contributed by atoms with Gasteiger partial charge in [0.25, 0.3) is 5.91 Å². The number of carboxylic acid groups (broad SMARTS) is 1. The number of thioether (sulfide) groups is 1. The molecule has 1 fully saturated rings. The number of carbonyl (C=O) groups is 3. The summed E-state index contributed by atoms with van der Waals surface area (Å²) in [4.78, 5) is 36.8. The van der Waals surface area contributed by atoms with Crippen molar-refractivity contribution in [3.63, 3.8) is 0 Å². The van der Waals surface area contributed by atoms with E-state index in [1.54, 1.807) is 18.2 Å². The van der Waals surface area contributed by atoms with Crippen molar-refractivity contribution in [2.75, 3.05) is 27.3 Å². The van der Waals surface area contributed by atoms with Crippen LogP contribution in [0.15, 0.2) is 17.0 Å². The number of hydrogen-bond acceptors (Lipinski definition) is 8. The van der Waals surface area contributed by atoms with E-state index in [1.807, 2.05) is 0 Å². The Morgan fingerprint density at radius 1 is 1.23 bits per heavy atom. The highest BCUT2D eigenvalue weighted by Crippen LogP contribution is 2.39. The van der Waals surface area contributed by atoms with E-state index in [0.717, 1.165) is 11.8 Å². The third-order valence-corrected chi connectivity index (χ3v) is 5.50. The van der Waals surface area contributed by atoms with Gasteiger partial charge in [0.05, 0.1) is 19.1 Å². The Hall–Kier alpha value is -2.79. The largest absolute Gasteiger partial charge is 0.502 e. The van der Waals surface area contributed by atoms with Crippen molar-refractivity contribution >= 4 is 52.2 Å². The van der Waals surface area contributed by atoms with Gasteiger partial charge in [-0.1, -0.05) is 24.0 Å². The molecule has 0 bridgehead atoms. The van der Waals surface area contributed by atoms with E-state index in [2.05, 4.69) is 5.32 Å². The molecule has 30 heavy (non-hydrogen) atoms. The number of amides is 2. The van der Waals surface area contributed by atoms with Crippen LogP contribution in [0.3, 0.4) is 0 Å². The van der Waals surface area contributed by atoms with E-state index in [0.29, 0.717) is 21.2 Å². The van der Waals surface area contributed by atoms with Gasteiger partial charge in [0, 0.05) is 25.9 Å². The highest BCUT2D eigenvalue weighted by molar-refractivity contribution is 8.26. The van der Waals surface area contributed by atoms with Crippen LogP contribution in [0.2, 0.25) is 0 Å². The first-order chi connectivity index (χ1) is 14.3. The van der Waals surface area contributed by atoms with E-state index in [1.165, 1.54) is 19.1 Å². The fourth-order valence-electron chi connectivity index (χ4n) is 2.61. The number of nitrogens with one attached hydrogen (secondary N) is 1. The van der Waals surface area contributed by atoms with Crippen molar-refractivity contribution in [3.8, 4) is 17.2 Å². The molecule has 0 aromatic heterocycles. The first kappa shape index (κ1) is 23.5. The Kier molecular flexibility index (Phi) is 8.48. The molecule has 1 aromatic carbocycles. The number of hydrogen-bond donors (Lipinski definition) is 3. The number of phenolic OH excluding ortho intramolecular Hbond substituents is 1. The van der Waals surface area contributed by atoms with Crippen molar-refractivity contribution in [3.05, 3.63) is 22.6 Å². The molecule has 0 saturated carbocycles. The second kappa shape index (κ2) is 10.8. The van der Waals surface area contributed by atoms with Gasteiger partial charge in [-0.25, -0.2) is 0 Å². The normalized spacial score (nSPS) is 14.9. The zero-order chi connectivity index (χ0) is 22.3. The van der Waals surface area contributed by atoms with Crippen LogP contribution in [0.25, 0.3) is 6.08 Å². The smallest absolute Gasteiger partial charge is 0.303 e. The fraction of sp³-hybridized carbons (Fsp3) is 0.368. The lowest BCUT2D eigenvalue weighted by Crippen LogP contribution is -2.33. The van der Waals surface area contributed by atoms with E-state index >= 15 is 0 Å². The summed E-state index contributed by atoms with van der Waals surface area (Å²) in [6, 6.07) is 3.13. The van der Waals surface area contributed by atoms with Crippen LogP contribution in [0, 0.1) is 0 Å². The van der Waals surface area contributed by atoms with E-state index in [-0.39, 0.29) is 55.0 Å². The van der Waals surface area contributed by atoms with Crippen LogP contribution in [0.1, 0.15) is 24.8 Å². The molecule has 11 heteroatoms. The summed E-state index contributed by atoms with van der Waals surface area (Å²) in [6.07, 6.45) is 1.97. The first-order valence-electron chi connectivity index (χ1n) is 8.95. The number of aromatic hydroxyl groups is 1. The second-order valence-corrected chi connectivity index (χ2v) is 7.88. The number of aliphatic carboxylic acids is 1. The quantitative estimate of drug-likeness (QED) is 0.276. The summed E-state index contributed by atoms with van der Waals surface area (Å²) in [5, 5.41) is 21.2. The number of nitrogens with zero attached hydrogens (tertiary/aromatic N) is 1. The van der Waals surface area contributed by atoms with Gasteiger partial charge >= 0.3 is 5.97 Å². The number of rotatable bonds is 10. The predicted molar refractivity (Wildman–Crippen MR) is 116 cm³/mol. The van der Waals surface area contributed by atoms with Gasteiger partial charge in [0.1, 0.15) is 4.32 Å². The number of methoxy groups -OCH3 is 2. The maximum absolute atomic E-state index is 12.7. The third-order valence-electron chi connectivity index (χ3n) is 4.13. The molecule has 2 amide bonds. The molecule has 2 rings (SSSR count). The molecule has 0 radical (unpaired) electrons. The lowest BCUT2D eigenvalue weighted by Gasteiger charge is -2.14. The van der Waals surface area contributed by atoms with Crippen LogP contribution >= 0.6 is 24.0 Å². The predicted octanol–water partition coefficient (Wildman–Crippen LogP) is 1.98. The lowest BCUT2D eigenvalue weighted by atomic mass is 10.1. The maximum Gasteiger partial charge on any atom is 0.303 e. The molecule has 1 saturated heterocycles. The topological polar surface area (TPSA) is 125 Å². The van der Waals surface area contributed by atoms with Crippen LogP contribution in [-0.4, -0.2) is 64.5 Å². The summed E-state index contributed by atoms with van der Waals surface area (Å²) in [6.45, 7) is 0.378. The summed E-state index contributed by atoms with van der Waals surface area (Å²) in [5.41, 5.74) is 0.582. The highest BCUT2D eigenvalue weighted by Gasteiger charge is 2.32. The summed E-state index contributed by atoms with van der Waals surface area (Å²) in [7, 11) is 2.81. The van der Waals surface area contributed by atoms with Crippen molar-refractivity contribution in [1.82, 2.24) is 10.2 Å². The standard InChI is InChI=1S/C19H22N2O7S2/c1-27-12-8-11(9-13(28-2)17(12)25)10-14-18(26)21(19(29)30-14)7-5-15(22)20-6-3-4-16(23)24/h8-10,25H,3-7H2,1-2H3,(H,20,22)(H,23,24)/b14-10-. The van der Waals surface area contributed by atoms with Crippen molar-refractivity contribution < 1.29 is 34.1 Å². The summed E-state index contributed by atoms with van der Waals surface area (Å²) in [5.74, 6) is -1.26. The molecule has 0 spiro atoms. The van der Waals surface area contributed by atoms with Crippen LogP contribution in [-0.2, 0) is 14.4 Å². The highest BCUT2D eigenvalue weighted by atomic mass is 32.2. The van der Waals surface area contributed by atoms with Crippen LogP contribution in [0.4, 0.5) is 0 Å². The van der Waals surface area contributed by atoms with Gasteiger partial charge < -0.3 is 25.0 Å². The molecule has 9 nitrogen and oxygen atoms in total. The van der Waals surface area contributed by atoms with Crippen LogP contribution < -0.4 is 14.8 Å². The number of ether oxygens (including phenoxy) is 2. The minimum Gasteiger partial charge on any atom is -0.502 e. The van der Waals surface area contributed by atoms with Crippen molar-refractivity contribution in [2.24, 2.45) is 0 Å². The molecule has 1 aromatic rings. The van der Waals surface area contributed by atoms with E-state index in [4.69, 9.17) is 26.8 Å². The molecule has 1 aliphatic heterocycles. The first-order valence-corrected chi connectivity index (χ1v) is 10.2. The molecule has 1 aliphatic rings. The number of benzene rings is 1. The Bertz CT molecular complexity index is 861. The zero-order valence-electron chi connectivity index (χ0n) is 16.5. The Balaban J connectivity index is 2.01. The monoisotopic (exact) mass is 454 g/mol. The van der Waals surface area contributed by atoms with Gasteiger partial charge in [-0.3, -0.25) is 19.3 Å². The molecule has 0 aliphatic carbocycles. The second-order valence-electron chi connectivity index (χ2n) is 6.20. The number of phenols is 1. The maximum atomic E-state index is 12.7. The van der Waals surface area contributed by atoms with Crippen molar-refractivity contribution in [2.45, 2.75) is 19.3 Å². The molecule has 162 valence electrons. The number of carbonyl (C=O) groups excluding carboxylic acids is 2. The molecule has 3 N–H and O–H groups in total. The minimum atomic E-state index is -0.919. The molecule has 0 atom stereocenters. The Labute approximate surface area is 183 Å². The van der Waals surface area contributed by atoms with E-state index in [9.17, 15) is 19.5 Å². The molecular formula is C19H22N2O7S2. The third kappa shape index (κ3) is 6.10. The number of thiocarbonyl (C=S) groups is 1. The minimum absolute atomic E-state index is 0.0212. The Morgan fingerprint density at radius 3 is 2.43 bits per heavy atom. The SMILES string of the molecule is COc1cc(/C=C2\SC(=S)N(CCC(=O)NCCCC(=O)O)C2=O)cc(OC)c1O. The molecule has 0 unspecified atom stereocenters.